The van der Waals surface area contributed by atoms with Gasteiger partial charge in [0.15, 0.2) is 0 Å². The van der Waals surface area contributed by atoms with E-state index in [0.29, 0.717) is 6.42 Å². The van der Waals surface area contributed by atoms with Gasteiger partial charge >= 0.3 is 0 Å². The number of benzene rings is 1. The molecule has 0 spiro atoms. The maximum absolute atomic E-state index is 13.6. The second-order valence-corrected chi connectivity index (χ2v) is 5.18. The lowest BCUT2D eigenvalue weighted by Crippen LogP contribution is -2.19. The summed E-state index contributed by atoms with van der Waals surface area (Å²) in [5, 5.41) is 0. The summed E-state index contributed by atoms with van der Waals surface area (Å²) in [6, 6.07) is 8.17. The van der Waals surface area contributed by atoms with E-state index in [1.54, 1.807) is 0 Å². The van der Waals surface area contributed by atoms with Crippen molar-refractivity contribution in [2.45, 2.75) is 43.3 Å². The Morgan fingerprint density at radius 1 is 1.20 bits per heavy atom. The molecule has 0 heterocycles. The van der Waals surface area contributed by atoms with Crippen LogP contribution in [0.25, 0.3) is 0 Å². The van der Waals surface area contributed by atoms with Gasteiger partial charge in [0.2, 0.25) is 0 Å². The molecule has 1 nitrogen and oxygen atoms in total. The largest absolute Gasteiger partial charge is 0.321 e. The van der Waals surface area contributed by atoms with Crippen molar-refractivity contribution < 1.29 is 4.39 Å². The second kappa shape index (κ2) is 2.82. The fourth-order valence-corrected chi connectivity index (χ4v) is 2.09. The van der Waals surface area contributed by atoms with Crippen LogP contribution in [0, 0.1) is 0 Å². The van der Waals surface area contributed by atoms with Crippen LogP contribution in [0.5, 0.6) is 0 Å². The number of rotatable bonds is 3. The Hall–Kier alpha value is -0.890. The van der Waals surface area contributed by atoms with E-state index >= 15 is 0 Å². The van der Waals surface area contributed by atoms with E-state index in [0.717, 1.165) is 31.2 Å². The molecule has 1 aromatic rings. The zero-order valence-corrected chi connectivity index (χ0v) is 8.80. The molecule has 2 aliphatic rings. The molecule has 2 fully saturated rings. The highest BCUT2D eigenvalue weighted by atomic mass is 19.1. The number of halogens is 1. The van der Waals surface area contributed by atoms with Crippen molar-refractivity contribution in [1.82, 2.24) is 0 Å². The molecule has 3 rings (SSSR count). The number of nitrogens with two attached hydrogens (primary N) is 1. The van der Waals surface area contributed by atoms with Gasteiger partial charge in [0, 0.05) is 12.0 Å². The van der Waals surface area contributed by atoms with Gasteiger partial charge in [0.05, 0.1) is 0 Å². The second-order valence-electron chi connectivity index (χ2n) is 5.18. The van der Waals surface area contributed by atoms with E-state index in [4.69, 9.17) is 5.73 Å². The van der Waals surface area contributed by atoms with Crippen LogP contribution < -0.4 is 5.73 Å². The van der Waals surface area contributed by atoms with Crippen LogP contribution >= 0.6 is 0 Å². The lowest BCUT2D eigenvalue weighted by atomic mass is 9.99. The Morgan fingerprint density at radius 3 is 2.53 bits per heavy atom. The monoisotopic (exact) mass is 205 g/mol. The molecule has 0 atom stereocenters. The molecule has 0 bridgehead atoms. The molecule has 0 aliphatic heterocycles. The van der Waals surface area contributed by atoms with E-state index in [2.05, 4.69) is 12.1 Å². The maximum Gasteiger partial charge on any atom is 0.115 e. The fraction of sp³-hybridized carbons (Fsp3) is 0.538. The minimum Gasteiger partial charge on any atom is -0.321 e. The minimum absolute atomic E-state index is 0.0942. The first-order chi connectivity index (χ1) is 7.10. The predicted molar refractivity (Wildman–Crippen MR) is 58.3 cm³/mol. The lowest BCUT2D eigenvalue weighted by molar-refractivity contribution is 0.308. The third-order valence-electron chi connectivity index (χ3n) is 3.60. The number of hydrogen-bond acceptors (Lipinski definition) is 1. The molecular formula is C13H16FN. The fourth-order valence-electron chi connectivity index (χ4n) is 2.09. The van der Waals surface area contributed by atoms with Crippen LogP contribution in [0.2, 0.25) is 0 Å². The van der Waals surface area contributed by atoms with Gasteiger partial charge in [0.1, 0.15) is 5.67 Å². The first-order valence-corrected chi connectivity index (χ1v) is 5.67. The predicted octanol–water partition coefficient (Wildman–Crippen LogP) is 2.68. The molecule has 15 heavy (non-hydrogen) atoms. The van der Waals surface area contributed by atoms with Gasteiger partial charge in [-0.05, 0) is 36.8 Å². The third-order valence-corrected chi connectivity index (χ3v) is 3.60. The maximum atomic E-state index is 13.6. The highest BCUT2D eigenvalue weighted by Crippen LogP contribution is 2.45. The molecule has 80 valence electrons. The van der Waals surface area contributed by atoms with Crippen LogP contribution in [-0.2, 0) is 12.0 Å². The van der Waals surface area contributed by atoms with Gasteiger partial charge in [0.25, 0.3) is 0 Å². The molecular weight excluding hydrogens is 189 g/mol. The zero-order valence-electron chi connectivity index (χ0n) is 8.80. The van der Waals surface area contributed by atoms with Crippen LogP contribution in [0.15, 0.2) is 24.3 Å². The van der Waals surface area contributed by atoms with E-state index in [-0.39, 0.29) is 5.54 Å². The summed E-state index contributed by atoms with van der Waals surface area (Å²) in [4.78, 5) is 0. The summed E-state index contributed by atoms with van der Waals surface area (Å²) >= 11 is 0. The zero-order chi connectivity index (χ0) is 10.5. The number of hydrogen-bond donors (Lipinski definition) is 1. The Labute approximate surface area is 89.5 Å². The van der Waals surface area contributed by atoms with Crippen LogP contribution in [0.4, 0.5) is 4.39 Å². The normalized spacial score (nSPS) is 24.9. The van der Waals surface area contributed by atoms with Gasteiger partial charge < -0.3 is 5.73 Å². The van der Waals surface area contributed by atoms with E-state index < -0.39 is 5.67 Å². The van der Waals surface area contributed by atoms with Crippen molar-refractivity contribution >= 4 is 0 Å². The summed E-state index contributed by atoms with van der Waals surface area (Å²) < 4.78 is 13.6. The Kier molecular flexibility index (Phi) is 1.76. The molecule has 0 unspecified atom stereocenters. The molecule has 1 aromatic carbocycles. The highest BCUT2D eigenvalue weighted by molar-refractivity contribution is 5.34. The SMILES string of the molecule is NC1(c2cccc(CC3(F)CC3)c2)CC1. The molecule has 0 aromatic heterocycles. The van der Waals surface area contributed by atoms with Gasteiger partial charge in [-0.1, -0.05) is 24.3 Å². The average Bonchev–Trinajstić information content (AvgIpc) is 3.09. The van der Waals surface area contributed by atoms with Crippen molar-refractivity contribution in [3.05, 3.63) is 35.4 Å². The molecule has 2 N–H and O–H groups in total. The molecule has 2 aliphatic carbocycles. The summed E-state index contributed by atoms with van der Waals surface area (Å²) in [6.45, 7) is 0. The summed E-state index contributed by atoms with van der Waals surface area (Å²) in [7, 11) is 0. The van der Waals surface area contributed by atoms with E-state index in [1.807, 2.05) is 12.1 Å². The lowest BCUT2D eigenvalue weighted by Gasteiger charge is -2.12. The first-order valence-electron chi connectivity index (χ1n) is 5.67. The molecule has 0 radical (unpaired) electrons. The Balaban J connectivity index is 1.83. The van der Waals surface area contributed by atoms with Gasteiger partial charge in [-0.15, -0.1) is 0 Å². The molecule has 2 saturated carbocycles. The van der Waals surface area contributed by atoms with Crippen LogP contribution in [0.1, 0.15) is 36.8 Å². The topological polar surface area (TPSA) is 26.0 Å². The van der Waals surface area contributed by atoms with Gasteiger partial charge in [-0.25, -0.2) is 4.39 Å². The van der Waals surface area contributed by atoms with Crippen LogP contribution in [0.3, 0.4) is 0 Å². The summed E-state index contributed by atoms with van der Waals surface area (Å²) in [5.74, 6) is 0. The highest BCUT2D eigenvalue weighted by Gasteiger charge is 2.44. The van der Waals surface area contributed by atoms with Crippen molar-refractivity contribution in [3.8, 4) is 0 Å². The first kappa shape index (κ1) is 9.34. The summed E-state index contributed by atoms with van der Waals surface area (Å²) in [5.41, 5.74) is 7.41. The third kappa shape index (κ3) is 1.78. The van der Waals surface area contributed by atoms with Crippen molar-refractivity contribution in [1.29, 1.82) is 0 Å². The minimum atomic E-state index is -0.899. The van der Waals surface area contributed by atoms with E-state index in [1.165, 1.54) is 5.56 Å². The van der Waals surface area contributed by atoms with Crippen molar-refractivity contribution in [2.24, 2.45) is 5.73 Å². The quantitative estimate of drug-likeness (QED) is 0.806. The molecule has 0 saturated heterocycles. The smallest absolute Gasteiger partial charge is 0.115 e. The summed E-state index contributed by atoms with van der Waals surface area (Å²) in [6.07, 6.45) is 4.15. The van der Waals surface area contributed by atoms with Gasteiger partial charge in [-0.3, -0.25) is 0 Å². The Bertz CT molecular complexity index is 391. The van der Waals surface area contributed by atoms with Crippen molar-refractivity contribution in [2.75, 3.05) is 0 Å². The molecule has 2 heteroatoms. The van der Waals surface area contributed by atoms with Crippen molar-refractivity contribution in [3.63, 3.8) is 0 Å². The average molecular weight is 205 g/mol. The number of alkyl halides is 1. The molecule has 0 amide bonds. The Morgan fingerprint density at radius 2 is 1.93 bits per heavy atom. The van der Waals surface area contributed by atoms with Crippen LogP contribution in [-0.4, -0.2) is 5.67 Å². The van der Waals surface area contributed by atoms with Gasteiger partial charge in [-0.2, -0.15) is 0 Å². The van der Waals surface area contributed by atoms with E-state index in [9.17, 15) is 4.39 Å². The standard InChI is InChI=1S/C13H16FN/c14-12(4-5-12)9-10-2-1-3-11(8-10)13(15)6-7-13/h1-3,8H,4-7,9,15H2.